The third kappa shape index (κ3) is 5.81. The Bertz CT molecular complexity index is 672. The highest BCUT2D eigenvalue weighted by atomic mass is 19.1. The van der Waals surface area contributed by atoms with Crippen LogP contribution in [0.4, 0.5) is 15.8 Å². The highest BCUT2D eigenvalue weighted by Crippen LogP contribution is 2.10. The normalized spacial score (nSPS) is 10.5. The Morgan fingerprint density at radius 3 is 2.04 bits per heavy atom. The van der Waals surface area contributed by atoms with Crippen molar-refractivity contribution >= 4 is 23.2 Å². The first-order valence-corrected chi connectivity index (χ1v) is 7.53. The van der Waals surface area contributed by atoms with Gasteiger partial charge in [-0.15, -0.1) is 0 Å². The van der Waals surface area contributed by atoms with Crippen molar-refractivity contribution < 1.29 is 14.0 Å². The number of nitrogens with zero attached hydrogens (tertiary/aromatic N) is 1. The minimum absolute atomic E-state index is 0.0255. The molecule has 5 nitrogen and oxygen atoms in total. The lowest BCUT2D eigenvalue weighted by Crippen LogP contribution is -2.36. The molecule has 0 aliphatic carbocycles. The lowest BCUT2D eigenvalue weighted by Gasteiger charge is -2.16. The summed E-state index contributed by atoms with van der Waals surface area (Å²) >= 11 is 0. The number of carbonyl (C=O) groups is 2. The van der Waals surface area contributed by atoms with Crippen LogP contribution >= 0.6 is 0 Å². The standard InChI is InChI=1S/C18H20FN3O2/c1-13-5-3-7-15(9-13)20-17(23)11-22(2)12-18(24)21-16-8-4-6-14(19)10-16/h3-10H,11-12H2,1-2H3,(H,20,23)(H,21,24). The Balaban J connectivity index is 1.80. The second-order valence-electron chi connectivity index (χ2n) is 5.65. The van der Waals surface area contributed by atoms with E-state index < -0.39 is 5.82 Å². The summed E-state index contributed by atoms with van der Waals surface area (Å²) in [5, 5.41) is 5.37. The van der Waals surface area contributed by atoms with Crippen molar-refractivity contribution in [1.29, 1.82) is 0 Å². The van der Waals surface area contributed by atoms with Crippen LogP contribution in [0.3, 0.4) is 0 Å². The number of aryl methyl sites for hydroxylation is 1. The fourth-order valence-corrected chi connectivity index (χ4v) is 2.24. The van der Waals surface area contributed by atoms with Gasteiger partial charge in [0.05, 0.1) is 13.1 Å². The van der Waals surface area contributed by atoms with Crippen LogP contribution < -0.4 is 10.6 Å². The zero-order valence-electron chi connectivity index (χ0n) is 13.7. The zero-order valence-corrected chi connectivity index (χ0v) is 13.7. The lowest BCUT2D eigenvalue weighted by molar-refractivity contribution is -0.119. The van der Waals surface area contributed by atoms with E-state index in [4.69, 9.17) is 0 Å². The van der Waals surface area contributed by atoms with Gasteiger partial charge < -0.3 is 10.6 Å². The molecule has 2 aromatic rings. The molecule has 0 saturated carbocycles. The van der Waals surface area contributed by atoms with Gasteiger partial charge in [0.15, 0.2) is 0 Å². The first kappa shape index (κ1) is 17.6. The van der Waals surface area contributed by atoms with Gasteiger partial charge in [0.1, 0.15) is 5.82 Å². The van der Waals surface area contributed by atoms with E-state index in [2.05, 4.69) is 10.6 Å². The summed E-state index contributed by atoms with van der Waals surface area (Å²) in [6.07, 6.45) is 0. The van der Waals surface area contributed by atoms with Crippen LogP contribution in [-0.2, 0) is 9.59 Å². The molecule has 2 rings (SSSR count). The molecule has 24 heavy (non-hydrogen) atoms. The molecule has 2 amide bonds. The van der Waals surface area contributed by atoms with Crippen molar-refractivity contribution in [2.75, 3.05) is 30.8 Å². The Kier molecular flexibility index (Phi) is 6.03. The summed E-state index contributed by atoms with van der Waals surface area (Å²) < 4.78 is 13.1. The smallest absolute Gasteiger partial charge is 0.238 e. The monoisotopic (exact) mass is 329 g/mol. The molecule has 0 aliphatic heterocycles. The van der Waals surface area contributed by atoms with E-state index in [1.165, 1.54) is 18.2 Å². The van der Waals surface area contributed by atoms with Gasteiger partial charge in [0.2, 0.25) is 11.8 Å². The van der Waals surface area contributed by atoms with Gasteiger partial charge in [-0.25, -0.2) is 4.39 Å². The molecule has 0 spiro atoms. The van der Waals surface area contributed by atoms with Gasteiger partial charge in [-0.3, -0.25) is 14.5 Å². The minimum atomic E-state index is -0.418. The molecule has 0 saturated heterocycles. The molecule has 0 aromatic heterocycles. The van der Waals surface area contributed by atoms with Gasteiger partial charge in [-0.05, 0) is 49.9 Å². The Labute approximate surface area is 140 Å². The molecule has 0 bridgehead atoms. The summed E-state index contributed by atoms with van der Waals surface area (Å²) in [5.41, 5.74) is 2.16. The number of anilines is 2. The predicted molar refractivity (Wildman–Crippen MR) is 92.3 cm³/mol. The van der Waals surface area contributed by atoms with Crippen molar-refractivity contribution in [3.05, 3.63) is 59.9 Å². The van der Waals surface area contributed by atoms with E-state index in [-0.39, 0.29) is 24.9 Å². The van der Waals surface area contributed by atoms with Gasteiger partial charge in [-0.1, -0.05) is 18.2 Å². The number of amides is 2. The molecular formula is C18H20FN3O2. The second-order valence-corrected chi connectivity index (χ2v) is 5.65. The topological polar surface area (TPSA) is 61.4 Å². The molecule has 2 N–H and O–H groups in total. The summed E-state index contributed by atoms with van der Waals surface area (Å²) in [6, 6.07) is 13.1. The van der Waals surface area contributed by atoms with Crippen LogP contribution in [0, 0.1) is 12.7 Å². The Hall–Kier alpha value is -2.73. The molecule has 2 aromatic carbocycles. The molecular weight excluding hydrogens is 309 g/mol. The summed E-state index contributed by atoms with van der Waals surface area (Å²) in [6.45, 7) is 2.04. The van der Waals surface area contributed by atoms with Crippen molar-refractivity contribution in [2.45, 2.75) is 6.92 Å². The molecule has 0 aliphatic rings. The molecule has 6 heteroatoms. The summed E-state index contributed by atoms with van der Waals surface area (Å²) in [4.78, 5) is 25.5. The second kappa shape index (κ2) is 8.21. The van der Waals surface area contributed by atoms with Crippen LogP contribution in [0.15, 0.2) is 48.5 Å². The quantitative estimate of drug-likeness (QED) is 0.856. The van der Waals surface area contributed by atoms with Crippen molar-refractivity contribution in [3.8, 4) is 0 Å². The maximum atomic E-state index is 13.1. The van der Waals surface area contributed by atoms with Crippen molar-refractivity contribution in [2.24, 2.45) is 0 Å². The largest absolute Gasteiger partial charge is 0.325 e. The third-order valence-electron chi connectivity index (χ3n) is 3.24. The van der Waals surface area contributed by atoms with Gasteiger partial charge in [-0.2, -0.15) is 0 Å². The number of hydrogen-bond donors (Lipinski definition) is 2. The summed E-state index contributed by atoms with van der Waals surface area (Å²) in [5.74, 6) is -0.938. The number of hydrogen-bond acceptors (Lipinski definition) is 3. The first-order chi connectivity index (χ1) is 11.4. The molecule has 0 atom stereocenters. The third-order valence-corrected chi connectivity index (χ3v) is 3.24. The van der Waals surface area contributed by atoms with Gasteiger partial charge in [0, 0.05) is 11.4 Å². The average Bonchev–Trinajstić information content (AvgIpc) is 2.46. The van der Waals surface area contributed by atoms with Crippen molar-refractivity contribution in [3.63, 3.8) is 0 Å². The van der Waals surface area contributed by atoms with E-state index in [1.54, 1.807) is 18.0 Å². The van der Waals surface area contributed by atoms with Crippen LogP contribution in [0.2, 0.25) is 0 Å². The molecule has 0 unspecified atom stereocenters. The number of rotatable bonds is 6. The highest BCUT2D eigenvalue weighted by Gasteiger charge is 2.11. The van der Waals surface area contributed by atoms with Crippen LogP contribution in [0.25, 0.3) is 0 Å². The molecule has 0 fully saturated rings. The van der Waals surface area contributed by atoms with E-state index >= 15 is 0 Å². The van der Waals surface area contributed by atoms with Gasteiger partial charge in [0.25, 0.3) is 0 Å². The number of carbonyl (C=O) groups excluding carboxylic acids is 2. The minimum Gasteiger partial charge on any atom is -0.325 e. The number of halogens is 1. The van der Waals surface area contributed by atoms with Crippen LogP contribution in [-0.4, -0.2) is 36.9 Å². The summed E-state index contributed by atoms with van der Waals surface area (Å²) in [7, 11) is 1.67. The van der Waals surface area contributed by atoms with Crippen LogP contribution in [0.5, 0.6) is 0 Å². The number of nitrogens with one attached hydrogen (secondary N) is 2. The molecule has 0 radical (unpaired) electrons. The Morgan fingerprint density at radius 2 is 1.50 bits per heavy atom. The van der Waals surface area contributed by atoms with Crippen molar-refractivity contribution in [1.82, 2.24) is 4.90 Å². The number of likely N-dealkylation sites (N-methyl/N-ethyl adjacent to an activating group) is 1. The zero-order chi connectivity index (χ0) is 17.5. The van der Waals surface area contributed by atoms with Gasteiger partial charge >= 0.3 is 0 Å². The predicted octanol–water partition coefficient (Wildman–Crippen LogP) is 2.64. The fourth-order valence-electron chi connectivity index (χ4n) is 2.24. The van der Waals surface area contributed by atoms with E-state index in [9.17, 15) is 14.0 Å². The Morgan fingerprint density at radius 1 is 0.958 bits per heavy atom. The molecule has 126 valence electrons. The number of benzene rings is 2. The highest BCUT2D eigenvalue weighted by molar-refractivity contribution is 5.94. The molecule has 0 heterocycles. The lowest BCUT2D eigenvalue weighted by atomic mass is 10.2. The average molecular weight is 329 g/mol. The van der Waals surface area contributed by atoms with Crippen LogP contribution in [0.1, 0.15) is 5.56 Å². The van der Waals surface area contributed by atoms with E-state index in [0.717, 1.165) is 11.3 Å². The maximum absolute atomic E-state index is 13.1. The van der Waals surface area contributed by atoms with E-state index in [1.807, 2.05) is 31.2 Å². The SMILES string of the molecule is Cc1cccc(NC(=O)CN(C)CC(=O)Nc2cccc(F)c2)c1. The maximum Gasteiger partial charge on any atom is 0.238 e. The fraction of sp³-hybridized carbons (Fsp3) is 0.222. The van der Waals surface area contributed by atoms with E-state index in [0.29, 0.717) is 5.69 Å². The first-order valence-electron chi connectivity index (χ1n) is 7.53.